The second-order valence-electron chi connectivity index (χ2n) is 5.89. The number of hydrogen-bond acceptors (Lipinski definition) is 4. The van der Waals surface area contributed by atoms with Gasteiger partial charge in [0.15, 0.2) is 17.2 Å². The van der Waals surface area contributed by atoms with Gasteiger partial charge in [0.05, 0.1) is 6.54 Å². The monoisotopic (exact) mass is 341 g/mol. The largest absolute Gasteiger partial charge is 0.379 e. The molecule has 0 saturated carbocycles. The van der Waals surface area contributed by atoms with Crippen LogP contribution in [0.1, 0.15) is 18.4 Å². The van der Waals surface area contributed by atoms with Gasteiger partial charge in [0.1, 0.15) is 0 Å². The number of benzene rings is 1. The summed E-state index contributed by atoms with van der Waals surface area (Å²) in [5, 5.41) is 15.7. The van der Waals surface area contributed by atoms with Gasteiger partial charge in [0.2, 0.25) is 5.91 Å². The van der Waals surface area contributed by atoms with Gasteiger partial charge >= 0.3 is 0 Å². The highest BCUT2D eigenvalue weighted by molar-refractivity contribution is 5.86. The molecule has 1 aliphatic heterocycles. The lowest BCUT2D eigenvalue weighted by atomic mass is 9.91. The van der Waals surface area contributed by atoms with Crippen LogP contribution >= 0.6 is 0 Å². The Balaban J connectivity index is 2.00. The summed E-state index contributed by atoms with van der Waals surface area (Å²) in [6.07, 6.45) is 0.856. The standard InChI is InChI=1S/C16H21F2N3O3/c1-19-14(22)8-20-10-16(24)5-2-6-21(15(16)23)9-11-3-4-12(17)13(18)7-11/h3-4,7,20,24H,2,5-6,8-10H2,1H3,(H,19,22)/t16-/m1/s1. The summed E-state index contributed by atoms with van der Waals surface area (Å²) in [7, 11) is 1.49. The average Bonchev–Trinajstić information content (AvgIpc) is 2.55. The third kappa shape index (κ3) is 4.27. The van der Waals surface area contributed by atoms with Crippen LogP contribution in [0, 0.1) is 11.6 Å². The van der Waals surface area contributed by atoms with Crippen molar-refractivity contribution < 1.29 is 23.5 Å². The Hall–Kier alpha value is -2.06. The highest BCUT2D eigenvalue weighted by Gasteiger charge is 2.41. The molecule has 8 heteroatoms. The molecule has 132 valence electrons. The first-order valence-corrected chi connectivity index (χ1v) is 7.73. The van der Waals surface area contributed by atoms with E-state index in [4.69, 9.17) is 0 Å². The zero-order chi connectivity index (χ0) is 17.7. The molecule has 6 nitrogen and oxygen atoms in total. The fraction of sp³-hybridized carbons (Fsp3) is 0.500. The molecule has 1 fully saturated rings. The molecule has 0 bridgehead atoms. The molecular formula is C16H21F2N3O3. The van der Waals surface area contributed by atoms with E-state index in [1.807, 2.05) is 0 Å². The summed E-state index contributed by atoms with van der Waals surface area (Å²) in [5.41, 5.74) is -1.16. The number of nitrogens with one attached hydrogen (secondary N) is 2. The number of likely N-dealkylation sites (N-methyl/N-ethyl adjacent to an activating group) is 1. The number of nitrogens with zero attached hydrogens (tertiary/aromatic N) is 1. The molecule has 0 spiro atoms. The molecule has 0 unspecified atom stereocenters. The minimum Gasteiger partial charge on any atom is -0.379 e. The van der Waals surface area contributed by atoms with E-state index in [2.05, 4.69) is 10.6 Å². The van der Waals surface area contributed by atoms with E-state index in [-0.39, 0.29) is 32.0 Å². The van der Waals surface area contributed by atoms with E-state index in [0.717, 1.165) is 12.1 Å². The van der Waals surface area contributed by atoms with Gasteiger partial charge in [-0.3, -0.25) is 9.59 Å². The van der Waals surface area contributed by atoms with E-state index in [1.165, 1.54) is 18.0 Å². The molecule has 1 aromatic rings. The Kier molecular flexibility index (Phi) is 5.84. The first-order valence-electron chi connectivity index (χ1n) is 7.73. The molecule has 1 aliphatic rings. The van der Waals surface area contributed by atoms with Crippen molar-refractivity contribution >= 4 is 11.8 Å². The third-order valence-electron chi connectivity index (χ3n) is 4.04. The second-order valence-corrected chi connectivity index (χ2v) is 5.89. The van der Waals surface area contributed by atoms with Crippen LogP contribution in [0.2, 0.25) is 0 Å². The van der Waals surface area contributed by atoms with Crippen LogP contribution in [0.15, 0.2) is 18.2 Å². The lowest BCUT2D eigenvalue weighted by molar-refractivity contribution is -0.157. The minimum absolute atomic E-state index is 0.00470. The van der Waals surface area contributed by atoms with Gasteiger partial charge in [-0.1, -0.05) is 6.07 Å². The van der Waals surface area contributed by atoms with Crippen LogP contribution in [0.25, 0.3) is 0 Å². The number of likely N-dealkylation sites (tertiary alicyclic amines) is 1. The predicted molar refractivity (Wildman–Crippen MR) is 82.9 cm³/mol. The van der Waals surface area contributed by atoms with E-state index < -0.39 is 23.1 Å². The average molecular weight is 341 g/mol. The highest BCUT2D eigenvalue weighted by Crippen LogP contribution is 2.24. The zero-order valence-corrected chi connectivity index (χ0v) is 13.4. The van der Waals surface area contributed by atoms with Gasteiger partial charge in [0.25, 0.3) is 5.91 Å². The molecule has 1 heterocycles. The summed E-state index contributed by atoms with van der Waals surface area (Å²) >= 11 is 0. The Labute approximate surface area is 138 Å². The van der Waals surface area contributed by atoms with Gasteiger partial charge in [-0.2, -0.15) is 0 Å². The fourth-order valence-corrected chi connectivity index (χ4v) is 2.71. The predicted octanol–water partition coefficient (Wildman–Crippen LogP) is 0.154. The highest BCUT2D eigenvalue weighted by atomic mass is 19.2. The second kappa shape index (κ2) is 7.67. The number of aliphatic hydroxyl groups is 1. The maximum Gasteiger partial charge on any atom is 0.256 e. The van der Waals surface area contributed by atoms with Crippen molar-refractivity contribution in [3.05, 3.63) is 35.4 Å². The molecule has 0 radical (unpaired) electrons. The normalized spacial score (nSPS) is 21.0. The van der Waals surface area contributed by atoms with Gasteiger partial charge in [-0.05, 0) is 30.5 Å². The van der Waals surface area contributed by atoms with E-state index in [9.17, 15) is 23.5 Å². The Morgan fingerprint density at radius 1 is 1.38 bits per heavy atom. The molecule has 1 aromatic carbocycles. The van der Waals surface area contributed by atoms with Crippen molar-refractivity contribution in [2.45, 2.75) is 25.0 Å². The molecule has 2 amide bonds. The molecule has 24 heavy (non-hydrogen) atoms. The van der Waals surface area contributed by atoms with Crippen LogP contribution in [-0.2, 0) is 16.1 Å². The number of piperidine rings is 1. The topological polar surface area (TPSA) is 81.7 Å². The Morgan fingerprint density at radius 3 is 2.79 bits per heavy atom. The van der Waals surface area contributed by atoms with Crippen LogP contribution in [-0.4, -0.2) is 54.1 Å². The van der Waals surface area contributed by atoms with Crippen molar-refractivity contribution in [3.8, 4) is 0 Å². The van der Waals surface area contributed by atoms with Gasteiger partial charge in [0, 0.05) is 26.7 Å². The summed E-state index contributed by atoms with van der Waals surface area (Å²) in [5.74, 6) is -2.65. The van der Waals surface area contributed by atoms with E-state index in [0.29, 0.717) is 18.5 Å². The molecule has 3 N–H and O–H groups in total. The summed E-state index contributed by atoms with van der Waals surface area (Å²) < 4.78 is 26.3. The Bertz CT molecular complexity index is 627. The number of rotatable bonds is 6. The summed E-state index contributed by atoms with van der Waals surface area (Å²) in [6, 6.07) is 3.46. The van der Waals surface area contributed by atoms with Gasteiger partial charge < -0.3 is 20.6 Å². The van der Waals surface area contributed by atoms with Crippen LogP contribution in [0.5, 0.6) is 0 Å². The number of hydrogen-bond donors (Lipinski definition) is 3. The number of halogens is 2. The summed E-state index contributed by atoms with van der Waals surface area (Å²) in [6.45, 7) is 0.464. The third-order valence-corrected chi connectivity index (χ3v) is 4.04. The number of carbonyl (C=O) groups is 2. The van der Waals surface area contributed by atoms with Gasteiger partial charge in [-0.15, -0.1) is 0 Å². The minimum atomic E-state index is -1.61. The lowest BCUT2D eigenvalue weighted by Gasteiger charge is -2.38. The van der Waals surface area contributed by atoms with Crippen molar-refractivity contribution in [1.82, 2.24) is 15.5 Å². The van der Waals surface area contributed by atoms with E-state index >= 15 is 0 Å². The number of amides is 2. The maximum atomic E-state index is 13.3. The SMILES string of the molecule is CNC(=O)CNC[C@]1(O)CCCN(Cc2ccc(F)c(F)c2)C1=O. The fourth-order valence-electron chi connectivity index (χ4n) is 2.71. The Morgan fingerprint density at radius 2 is 2.12 bits per heavy atom. The van der Waals surface area contributed by atoms with Crippen molar-refractivity contribution in [1.29, 1.82) is 0 Å². The van der Waals surface area contributed by atoms with E-state index in [1.54, 1.807) is 0 Å². The smallest absolute Gasteiger partial charge is 0.256 e. The molecule has 1 atom stereocenters. The summed E-state index contributed by atoms with van der Waals surface area (Å²) in [4.78, 5) is 25.1. The van der Waals surface area contributed by atoms with Crippen LogP contribution in [0.3, 0.4) is 0 Å². The lowest BCUT2D eigenvalue weighted by Crippen LogP contribution is -2.58. The van der Waals surface area contributed by atoms with Gasteiger partial charge in [-0.25, -0.2) is 8.78 Å². The molecular weight excluding hydrogens is 320 g/mol. The molecule has 2 rings (SSSR count). The molecule has 1 saturated heterocycles. The van der Waals surface area contributed by atoms with Crippen molar-refractivity contribution in [3.63, 3.8) is 0 Å². The maximum absolute atomic E-state index is 13.3. The first-order chi connectivity index (χ1) is 11.4. The molecule has 0 aliphatic carbocycles. The first kappa shape index (κ1) is 18.3. The van der Waals surface area contributed by atoms with Crippen LogP contribution < -0.4 is 10.6 Å². The quantitative estimate of drug-likeness (QED) is 0.688. The van der Waals surface area contributed by atoms with Crippen LogP contribution in [0.4, 0.5) is 8.78 Å². The zero-order valence-electron chi connectivity index (χ0n) is 13.4. The van der Waals surface area contributed by atoms with Crippen molar-refractivity contribution in [2.24, 2.45) is 0 Å². The number of carbonyl (C=O) groups excluding carboxylic acids is 2. The molecule has 0 aromatic heterocycles. The van der Waals surface area contributed by atoms with Crippen molar-refractivity contribution in [2.75, 3.05) is 26.7 Å².